The first-order chi connectivity index (χ1) is 11.8. The molecule has 0 saturated carbocycles. The van der Waals surface area contributed by atoms with Crippen molar-refractivity contribution in [2.24, 2.45) is 0 Å². The number of ether oxygens (including phenoxy) is 2. The summed E-state index contributed by atoms with van der Waals surface area (Å²) >= 11 is 0. The minimum Gasteiger partial charge on any atom is -0.493 e. The van der Waals surface area contributed by atoms with E-state index >= 15 is 0 Å². The molecule has 0 fully saturated rings. The molecule has 0 saturated heterocycles. The zero-order chi connectivity index (χ0) is 16.8. The Balaban J connectivity index is 1.58. The van der Waals surface area contributed by atoms with Gasteiger partial charge in [-0.3, -0.25) is 0 Å². The first kappa shape index (κ1) is 16.1. The third-order valence-electron chi connectivity index (χ3n) is 3.88. The number of methoxy groups -OCH3 is 1. The van der Waals surface area contributed by atoms with Gasteiger partial charge in [-0.2, -0.15) is 0 Å². The second-order valence-electron chi connectivity index (χ2n) is 5.54. The second-order valence-corrected chi connectivity index (χ2v) is 5.54. The van der Waals surface area contributed by atoms with Crippen LogP contribution in [0.5, 0.6) is 11.5 Å². The Labute approximate surface area is 142 Å². The fraction of sp³-hybridized carbons (Fsp3) is 0.250. The topological polar surface area (TPSA) is 36.3 Å². The highest BCUT2D eigenvalue weighted by Gasteiger charge is 2.05. The van der Waals surface area contributed by atoms with E-state index in [0.29, 0.717) is 6.61 Å². The molecule has 0 spiro atoms. The summed E-state index contributed by atoms with van der Waals surface area (Å²) in [7, 11) is 1.67. The number of benzene rings is 2. The van der Waals surface area contributed by atoms with Gasteiger partial charge in [0.15, 0.2) is 11.5 Å². The van der Waals surface area contributed by atoms with Crippen LogP contribution in [-0.4, -0.2) is 23.3 Å². The molecule has 1 heterocycles. The highest BCUT2D eigenvalue weighted by Crippen LogP contribution is 2.28. The largest absolute Gasteiger partial charge is 0.493 e. The van der Waals surface area contributed by atoms with E-state index in [1.165, 1.54) is 0 Å². The maximum absolute atomic E-state index is 5.89. The summed E-state index contributed by atoms with van der Waals surface area (Å²) < 4.78 is 13.5. The van der Waals surface area contributed by atoms with Gasteiger partial charge in [0.05, 0.1) is 31.1 Å². The van der Waals surface area contributed by atoms with Gasteiger partial charge in [-0.1, -0.05) is 30.4 Å². The van der Waals surface area contributed by atoms with E-state index < -0.39 is 0 Å². The molecule has 124 valence electrons. The Morgan fingerprint density at radius 1 is 1.12 bits per heavy atom. The van der Waals surface area contributed by atoms with E-state index in [2.05, 4.69) is 15.6 Å². The quantitative estimate of drug-likeness (QED) is 0.599. The van der Waals surface area contributed by atoms with Gasteiger partial charge in [-0.05, 0) is 43.2 Å². The number of aromatic nitrogens is 2. The zero-order valence-electron chi connectivity index (χ0n) is 14.1. The van der Waals surface area contributed by atoms with E-state index in [4.69, 9.17) is 9.47 Å². The summed E-state index contributed by atoms with van der Waals surface area (Å²) in [6.07, 6.45) is 6.83. The summed E-state index contributed by atoms with van der Waals surface area (Å²) in [5.74, 6) is 1.54. The minimum atomic E-state index is 0.631. The molecule has 3 aromatic rings. The molecule has 0 atom stereocenters. The second kappa shape index (κ2) is 7.68. The summed E-state index contributed by atoms with van der Waals surface area (Å²) in [6, 6.07) is 14.1. The fourth-order valence-corrected chi connectivity index (χ4v) is 2.71. The number of rotatable bonds is 7. The van der Waals surface area contributed by atoms with Gasteiger partial charge in [-0.25, -0.2) is 4.98 Å². The first-order valence-electron chi connectivity index (χ1n) is 8.15. The number of imidazole rings is 1. The SMILES string of the molecule is CC=Cc1ccc(OCCCn2cnc3ccccc32)c(OC)c1. The lowest BCUT2D eigenvalue weighted by atomic mass is 10.2. The predicted molar refractivity (Wildman–Crippen MR) is 97.5 cm³/mol. The molecule has 0 aliphatic heterocycles. The van der Waals surface area contributed by atoms with Crippen LogP contribution >= 0.6 is 0 Å². The predicted octanol–water partition coefficient (Wildman–Crippen LogP) is 4.55. The van der Waals surface area contributed by atoms with Crippen molar-refractivity contribution >= 4 is 17.1 Å². The monoisotopic (exact) mass is 322 g/mol. The van der Waals surface area contributed by atoms with Crippen LogP contribution in [0.3, 0.4) is 0 Å². The third kappa shape index (κ3) is 3.59. The standard InChI is InChI=1S/C20H22N2O2/c1-3-7-16-10-11-19(20(14-16)23-2)24-13-6-12-22-15-21-17-8-4-5-9-18(17)22/h3-5,7-11,14-15H,6,12-13H2,1-2H3. The van der Waals surface area contributed by atoms with Gasteiger partial charge in [-0.15, -0.1) is 0 Å². The van der Waals surface area contributed by atoms with E-state index in [-0.39, 0.29) is 0 Å². The molecule has 24 heavy (non-hydrogen) atoms. The summed E-state index contributed by atoms with van der Waals surface area (Å²) in [6.45, 7) is 3.50. The molecule has 0 radical (unpaired) electrons. The molecule has 1 aromatic heterocycles. The summed E-state index contributed by atoms with van der Waals surface area (Å²) in [5.41, 5.74) is 3.29. The van der Waals surface area contributed by atoms with Crippen LogP contribution in [0.15, 0.2) is 54.9 Å². The number of fused-ring (bicyclic) bond motifs is 1. The Hall–Kier alpha value is -2.75. The van der Waals surface area contributed by atoms with Crippen molar-refractivity contribution in [1.29, 1.82) is 0 Å². The van der Waals surface area contributed by atoms with E-state index in [1.807, 2.05) is 61.8 Å². The Bertz CT molecular complexity index is 837. The number of aryl methyl sites for hydroxylation is 1. The molecule has 4 nitrogen and oxygen atoms in total. The van der Waals surface area contributed by atoms with Crippen molar-refractivity contribution in [3.05, 3.63) is 60.4 Å². The van der Waals surface area contributed by atoms with Gasteiger partial charge in [0.1, 0.15) is 0 Å². The maximum atomic E-state index is 5.89. The molecule has 0 bridgehead atoms. The Morgan fingerprint density at radius 3 is 2.83 bits per heavy atom. The molecule has 0 aliphatic carbocycles. The van der Waals surface area contributed by atoms with Crippen LogP contribution in [0.4, 0.5) is 0 Å². The highest BCUT2D eigenvalue weighted by atomic mass is 16.5. The van der Waals surface area contributed by atoms with E-state index in [9.17, 15) is 0 Å². The van der Waals surface area contributed by atoms with Crippen LogP contribution in [0.1, 0.15) is 18.9 Å². The normalized spacial score (nSPS) is 11.2. The van der Waals surface area contributed by atoms with Crippen LogP contribution in [-0.2, 0) is 6.54 Å². The van der Waals surface area contributed by atoms with Gasteiger partial charge in [0.2, 0.25) is 0 Å². The zero-order valence-corrected chi connectivity index (χ0v) is 14.1. The lowest BCUT2D eigenvalue weighted by molar-refractivity contribution is 0.283. The maximum Gasteiger partial charge on any atom is 0.161 e. The first-order valence-corrected chi connectivity index (χ1v) is 8.15. The molecule has 0 amide bonds. The summed E-state index contributed by atoms with van der Waals surface area (Å²) in [5, 5.41) is 0. The van der Waals surface area contributed by atoms with Gasteiger partial charge < -0.3 is 14.0 Å². The van der Waals surface area contributed by atoms with Crippen molar-refractivity contribution in [3.8, 4) is 11.5 Å². The smallest absolute Gasteiger partial charge is 0.161 e. The lowest BCUT2D eigenvalue weighted by Crippen LogP contribution is -2.04. The van der Waals surface area contributed by atoms with Crippen LogP contribution in [0, 0.1) is 0 Å². The Morgan fingerprint density at radius 2 is 2.00 bits per heavy atom. The van der Waals surface area contributed by atoms with Crippen LogP contribution < -0.4 is 9.47 Å². The molecule has 0 unspecified atom stereocenters. The third-order valence-corrected chi connectivity index (χ3v) is 3.88. The van der Waals surface area contributed by atoms with Gasteiger partial charge in [0, 0.05) is 6.54 Å². The summed E-state index contributed by atoms with van der Waals surface area (Å²) in [4.78, 5) is 4.41. The van der Waals surface area contributed by atoms with Crippen LogP contribution in [0.25, 0.3) is 17.1 Å². The number of para-hydroxylation sites is 2. The van der Waals surface area contributed by atoms with E-state index in [0.717, 1.165) is 41.1 Å². The van der Waals surface area contributed by atoms with Gasteiger partial charge in [0.25, 0.3) is 0 Å². The fourth-order valence-electron chi connectivity index (χ4n) is 2.71. The molecule has 3 rings (SSSR count). The van der Waals surface area contributed by atoms with Crippen molar-refractivity contribution < 1.29 is 9.47 Å². The molecular formula is C20H22N2O2. The molecule has 0 aliphatic rings. The number of nitrogens with zero attached hydrogens (tertiary/aromatic N) is 2. The molecule has 0 N–H and O–H groups in total. The highest BCUT2D eigenvalue weighted by molar-refractivity contribution is 5.74. The van der Waals surface area contributed by atoms with E-state index in [1.54, 1.807) is 7.11 Å². The molecular weight excluding hydrogens is 300 g/mol. The number of allylic oxidation sites excluding steroid dienone is 1. The number of hydrogen-bond donors (Lipinski definition) is 0. The minimum absolute atomic E-state index is 0.631. The van der Waals surface area contributed by atoms with Crippen molar-refractivity contribution in [2.45, 2.75) is 19.9 Å². The lowest BCUT2D eigenvalue weighted by Gasteiger charge is -2.11. The van der Waals surface area contributed by atoms with Crippen LogP contribution in [0.2, 0.25) is 0 Å². The van der Waals surface area contributed by atoms with Crippen molar-refractivity contribution in [3.63, 3.8) is 0 Å². The number of hydrogen-bond acceptors (Lipinski definition) is 3. The van der Waals surface area contributed by atoms with Gasteiger partial charge >= 0.3 is 0 Å². The van der Waals surface area contributed by atoms with Crippen molar-refractivity contribution in [2.75, 3.05) is 13.7 Å². The molecule has 2 aromatic carbocycles. The molecule has 4 heteroatoms. The average Bonchev–Trinajstić information content (AvgIpc) is 3.03. The Kier molecular flexibility index (Phi) is 5.16. The average molecular weight is 322 g/mol. The van der Waals surface area contributed by atoms with Crippen molar-refractivity contribution in [1.82, 2.24) is 9.55 Å².